The molecule has 8 heteroatoms. The van der Waals surface area contributed by atoms with Crippen molar-refractivity contribution in [2.24, 2.45) is 5.73 Å². The zero-order valence-corrected chi connectivity index (χ0v) is 18.5. The summed E-state index contributed by atoms with van der Waals surface area (Å²) in [5.74, 6) is 0.323. The molecule has 0 amide bonds. The number of halogens is 1. The number of nitrogens with zero attached hydrogens (tertiary/aromatic N) is 3. The van der Waals surface area contributed by atoms with Crippen molar-refractivity contribution in [1.82, 2.24) is 9.55 Å². The van der Waals surface area contributed by atoms with Gasteiger partial charge in [-0.05, 0) is 52.7 Å². The van der Waals surface area contributed by atoms with Gasteiger partial charge in [0.05, 0.1) is 35.3 Å². The van der Waals surface area contributed by atoms with Gasteiger partial charge in [0.1, 0.15) is 23.1 Å². The Balaban J connectivity index is 1.93. The molecule has 0 radical (unpaired) electrons. The number of rotatable bonds is 4. The van der Waals surface area contributed by atoms with E-state index in [1.807, 2.05) is 37.3 Å². The van der Waals surface area contributed by atoms with Gasteiger partial charge in [-0.25, -0.2) is 0 Å². The maximum Gasteiger partial charge on any atom is 0.259 e. The SMILES string of the molecule is COc1ccc(C2C(C#N)=C(N)Oc3cc(C)n(Cc4ccccn4)c(=O)c32)cc1Br. The van der Waals surface area contributed by atoms with Crippen LogP contribution in [0.3, 0.4) is 0 Å². The molecule has 1 aliphatic heterocycles. The largest absolute Gasteiger partial charge is 0.496 e. The number of nitrogens with two attached hydrogens (primary N) is 1. The molecule has 1 aliphatic rings. The highest BCUT2D eigenvalue weighted by Gasteiger charge is 2.34. The van der Waals surface area contributed by atoms with Crippen LogP contribution in [0.15, 0.2) is 69.4 Å². The van der Waals surface area contributed by atoms with E-state index in [4.69, 9.17) is 15.2 Å². The molecule has 3 aromatic rings. The van der Waals surface area contributed by atoms with Crippen LogP contribution in [0.25, 0.3) is 0 Å². The fraction of sp³-hybridized carbons (Fsp3) is 0.174. The lowest BCUT2D eigenvalue weighted by atomic mass is 9.84. The van der Waals surface area contributed by atoms with Gasteiger partial charge in [0, 0.05) is 18.0 Å². The molecule has 0 bridgehead atoms. The van der Waals surface area contributed by atoms with E-state index in [1.54, 1.807) is 30.0 Å². The zero-order valence-electron chi connectivity index (χ0n) is 16.9. The first-order chi connectivity index (χ1) is 14.9. The van der Waals surface area contributed by atoms with Crippen molar-refractivity contribution in [2.75, 3.05) is 7.11 Å². The van der Waals surface area contributed by atoms with E-state index < -0.39 is 5.92 Å². The van der Waals surface area contributed by atoms with Gasteiger partial charge in [-0.15, -0.1) is 0 Å². The molecule has 2 aromatic heterocycles. The summed E-state index contributed by atoms with van der Waals surface area (Å²) in [4.78, 5) is 18.0. The molecule has 1 atom stereocenters. The van der Waals surface area contributed by atoms with E-state index in [2.05, 4.69) is 27.0 Å². The normalized spacial score (nSPS) is 15.1. The Bertz CT molecular complexity index is 1290. The topological polar surface area (TPSA) is 103 Å². The predicted octanol–water partition coefficient (Wildman–Crippen LogP) is 3.59. The standard InChI is InChI=1S/C23H19BrN4O3/c1-13-9-19-21(23(29)28(13)12-15-5-3-4-8-27-15)20(16(11-25)22(26)31-19)14-6-7-18(30-2)17(24)10-14/h3-10,20H,12,26H2,1-2H3. The fourth-order valence-corrected chi connectivity index (χ4v) is 4.29. The van der Waals surface area contributed by atoms with Crippen LogP contribution in [-0.2, 0) is 6.54 Å². The molecule has 4 rings (SSSR count). The summed E-state index contributed by atoms with van der Waals surface area (Å²) >= 11 is 3.48. The van der Waals surface area contributed by atoms with E-state index in [0.717, 1.165) is 11.3 Å². The Morgan fingerprint density at radius 1 is 1.32 bits per heavy atom. The average molecular weight is 479 g/mol. The minimum Gasteiger partial charge on any atom is -0.496 e. The van der Waals surface area contributed by atoms with E-state index in [1.165, 1.54) is 0 Å². The highest BCUT2D eigenvalue weighted by Crippen LogP contribution is 2.42. The summed E-state index contributed by atoms with van der Waals surface area (Å²) in [5, 5.41) is 9.82. The monoisotopic (exact) mass is 478 g/mol. The number of hydrogen-bond donors (Lipinski definition) is 1. The number of ether oxygens (including phenoxy) is 2. The van der Waals surface area contributed by atoms with Gasteiger partial charge in [0.15, 0.2) is 0 Å². The third kappa shape index (κ3) is 3.68. The fourth-order valence-electron chi connectivity index (χ4n) is 3.73. The molecule has 7 nitrogen and oxygen atoms in total. The highest BCUT2D eigenvalue weighted by molar-refractivity contribution is 9.10. The van der Waals surface area contributed by atoms with Crippen molar-refractivity contribution in [2.45, 2.75) is 19.4 Å². The number of fused-ring (bicyclic) bond motifs is 1. The van der Waals surface area contributed by atoms with Crippen LogP contribution in [0.2, 0.25) is 0 Å². The average Bonchev–Trinajstić information content (AvgIpc) is 2.76. The molecule has 0 aliphatic carbocycles. The van der Waals surface area contributed by atoms with Crippen molar-refractivity contribution < 1.29 is 9.47 Å². The summed E-state index contributed by atoms with van der Waals surface area (Å²) < 4.78 is 13.3. The third-order valence-electron chi connectivity index (χ3n) is 5.25. The number of methoxy groups -OCH3 is 1. The van der Waals surface area contributed by atoms with Crippen LogP contribution in [0.4, 0.5) is 0 Å². The van der Waals surface area contributed by atoms with Gasteiger partial charge in [-0.3, -0.25) is 9.78 Å². The molecule has 2 N–H and O–H groups in total. The van der Waals surface area contributed by atoms with E-state index in [9.17, 15) is 10.1 Å². The van der Waals surface area contributed by atoms with E-state index >= 15 is 0 Å². The molecular formula is C23H19BrN4O3. The number of allylic oxidation sites excluding steroid dienone is 1. The zero-order chi connectivity index (χ0) is 22.1. The number of benzene rings is 1. The second-order valence-corrected chi connectivity index (χ2v) is 7.95. The number of hydrogen-bond acceptors (Lipinski definition) is 6. The van der Waals surface area contributed by atoms with Crippen LogP contribution in [-0.4, -0.2) is 16.7 Å². The Hall–Kier alpha value is -3.57. The molecule has 1 unspecified atom stereocenters. The minimum absolute atomic E-state index is 0.00628. The first-order valence-corrected chi connectivity index (χ1v) is 10.3. The predicted molar refractivity (Wildman–Crippen MR) is 119 cm³/mol. The maximum atomic E-state index is 13.6. The Labute approximate surface area is 187 Å². The van der Waals surface area contributed by atoms with Crippen LogP contribution in [0, 0.1) is 18.3 Å². The smallest absolute Gasteiger partial charge is 0.259 e. The van der Waals surface area contributed by atoms with Crippen LogP contribution in [0.1, 0.15) is 28.4 Å². The molecule has 0 saturated heterocycles. The van der Waals surface area contributed by atoms with Crippen molar-refractivity contribution in [1.29, 1.82) is 5.26 Å². The Kier molecular flexibility index (Phi) is 5.53. The van der Waals surface area contributed by atoms with Crippen molar-refractivity contribution in [3.63, 3.8) is 0 Å². The number of aryl methyl sites for hydroxylation is 1. The Morgan fingerprint density at radius 2 is 2.13 bits per heavy atom. The first kappa shape index (κ1) is 20.7. The highest BCUT2D eigenvalue weighted by atomic mass is 79.9. The minimum atomic E-state index is -0.668. The van der Waals surface area contributed by atoms with Gasteiger partial charge in [0.25, 0.3) is 5.56 Å². The van der Waals surface area contributed by atoms with E-state index in [-0.39, 0.29) is 17.0 Å². The summed E-state index contributed by atoms with van der Waals surface area (Å²) in [7, 11) is 1.57. The summed E-state index contributed by atoms with van der Waals surface area (Å²) in [6.45, 7) is 2.13. The van der Waals surface area contributed by atoms with Gasteiger partial charge < -0.3 is 19.8 Å². The molecule has 3 heterocycles. The maximum absolute atomic E-state index is 13.6. The Morgan fingerprint density at radius 3 is 2.77 bits per heavy atom. The molecule has 0 fully saturated rings. The van der Waals surface area contributed by atoms with Gasteiger partial charge in [-0.2, -0.15) is 5.26 Å². The van der Waals surface area contributed by atoms with Gasteiger partial charge in [-0.1, -0.05) is 12.1 Å². The van der Waals surface area contributed by atoms with Crippen LogP contribution >= 0.6 is 15.9 Å². The summed E-state index contributed by atoms with van der Waals surface area (Å²) in [5.41, 5.74) is 8.55. The third-order valence-corrected chi connectivity index (χ3v) is 5.87. The molecule has 31 heavy (non-hydrogen) atoms. The number of aromatic nitrogens is 2. The number of nitriles is 1. The number of pyridine rings is 2. The van der Waals surface area contributed by atoms with Crippen LogP contribution < -0.4 is 20.8 Å². The van der Waals surface area contributed by atoms with E-state index in [0.29, 0.717) is 33.8 Å². The van der Waals surface area contributed by atoms with Crippen molar-refractivity contribution >= 4 is 15.9 Å². The second-order valence-electron chi connectivity index (χ2n) is 7.09. The molecule has 1 aromatic carbocycles. The summed E-state index contributed by atoms with van der Waals surface area (Å²) in [6, 6.07) is 14.9. The van der Waals surface area contributed by atoms with Gasteiger partial charge in [0.2, 0.25) is 5.88 Å². The summed E-state index contributed by atoms with van der Waals surface area (Å²) in [6.07, 6.45) is 1.69. The van der Waals surface area contributed by atoms with Crippen molar-refractivity contribution in [3.8, 4) is 17.6 Å². The quantitative estimate of drug-likeness (QED) is 0.614. The van der Waals surface area contributed by atoms with Gasteiger partial charge >= 0.3 is 0 Å². The van der Waals surface area contributed by atoms with Crippen LogP contribution in [0.5, 0.6) is 11.5 Å². The lowest BCUT2D eigenvalue weighted by molar-refractivity contribution is 0.388. The second kappa shape index (κ2) is 8.28. The molecular weight excluding hydrogens is 460 g/mol. The lowest BCUT2D eigenvalue weighted by Gasteiger charge is -2.27. The lowest BCUT2D eigenvalue weighted by Crippen LogP contribution is -2.33. The first-order valence-electron chi connectivity index (χ1n) is 9.49. The molecule has 0 saturated carbocycles. The molecule has 0 spiro atoms. The van der Waals surface area contributed by atoms with Crippen molar-refractivity contribution in [3.05, 3.63) is 97.5 Å². The molecule has 156 valence electrons.